The summed E-state index contributed by atoms with van der Waals surface area (Å²) >= 11 is 5.90. The maximum absolute atomic E-state index is 13.0. The number of amides is 1. The summed E-state index contributed by atoms with van der Waals surface area (Å²) in [7, 11) is 0. The Morgan fingerprint density at radius 1 is 1.24 bits per heavy atom. The summed E-state index contributed by atoms with van der Waals surface area (Å²) in [6, 6.07) is 9.05. The van der Waals surface area contributed by atoms with Gasteiger partial charge in [-0.15, -0.1) is 0 Å². The zero-order valence-corrected chi connectivity index (χ0v) is 11.5. The first kappa shape index (κ1) is 13.5. The molecule has 0 saturated carbocycles. The number of anilines is 2. The second-order valence-electron chi connectivity index (χ2n) is 4.59. The third-order valence-corrected chi connectivity index (χ3v) is 3.44. The van der Waals surface area contributed by atoms with Gasteiger partial charge in [0.1, 0.15) is 5.82 Å². The summed E-state index contributed by atoms with van der Waals surface area (Å²) in [5.74, 6) is -0.807. The van der Waals surface area contributed by atoms with Crippen molar-refractivity contribution in [2.75, 3.05) is 11.1 Å². The van der Waals surface area contributed by atoms with E-state index in [9.17, 15) is 9.18 Å². The highest BCUT2D eigenvalue weighted by atomic mass is 35.5. The quantitative estimate of drug-likeness (QED) is 0.630. The van der Waals surface area contributed by atoms with Gasteiger partial charge in [0.25, 0.3) is 5.91 Å². The molecule has 3 rings (SSSR count). The molecular formula is C15H11ClFN3O. The monoisotopic (exact) mass is 303 g/mol. The van der Waals surface area contributed by atoms with Crippen molar-refractivity contribution in [2.45, 2.75) is 0 Å². The molecule has 1 heterocycles. The van der Waals surface area contributed by atoms with Crippen molar-refractivity contribution < 1.29 is 9.18 Å². The summed E-state index contributed by atoms with van der Waals surface area (Å²) < 4.78 is 13.0. The molecule has 0 aliphatic rings. The zero-order chi connectivity index (χ0) is 15.0. The number of H-pyrrole nitrogens is 1. The molecule has 0 atom stereocenters. The van der Waals surface area contributed by atoms with E-state index in [-0.39, 0.29) is 10.9 Å². The van der Waals surface area contributed by atoms with Crippen molar-refractivity contribution in [1.29, 1.82) is 0 Å². The second-order valence-corrected chi connectivity index (χ2v) is 4.99. The lowest BCUT2D eigenvalue weighted by Gasteiger charge is -2.06. The maximum atomic E-state index is 13.0. The van der Waals surface area contributed by atoms with Crippen LogP contribution in [-0.4, -0.2) is 10.9 Å². The molecule has 0 unspecified atom stereocenters. The van der Waals surface area contributed by atoms with Crippen molar-refractivity contribution in [1.82, 2.24) is 4.98 Å². The number of nitrogens with two attached hydrogens (primary N) is 1. The molecule has 0 radical (unpaired) electrons. The number of rotatable bonds is 2. The van der Waals surface area contributed by atoms with Crippen LogP contribution in [0.5, 0.6) is 0 Å². The van der Waals surface area contributed by atoms with Crippen molar-refractivity contribution in [3.63, 3.8) is 0 Å². The van der Waals surface area contributed by atoms with Crippen LogP contribution in [0.2, 0.25) is 5.02 Å². The molecule has 0 saturated heterocycles. The molecule has 3 aromatic rings. The lowest BCUT2D eigenvalue weighted by Crippen LogP contribution is -2.11. The van der Waals surface area contributed by atoms with Crippen LogP contribution in [0, 0.1) is 5.82 Å². The molecule has 6 heteroatoms. The van der Waals surface area contributed by atoms with Crippen LogP contribution in [0.25, 0.3) is 10.9 Å². The fourth-order valence-electron chi connectivity index (χ4n) is 2.11. The molecule has 0 bridgehead atoms. The average molecular weight is 304 g/mol. The van der Waals surface area contributed by atoms with Crippen LogP contribution in [0.4, 0.5) is 15.8 Å². The van der Waals surface area contributed by atoms with Gasteiger partial charge >= 0.3 is 0 Å². The molecule has 0 aliphatic carbocycles. The first-order valence-electron chi connectivity index (χ1n) is 6.17. The van der Waals surface area contributed by atoms with Crippen molar-refractivity contribution in [3.05, 3.63) is 59.0 Å². The molecule has 106 valence electrons. The summed E-state index contributed by atoms with van der Waals surface area (Å²) in [5, 5.41) is 3.51. The number of aromatic nitrogens is 1. The Bertz CT molecular complexity index is 844. The summed E-state index contributed by atoms with van der Waals surface area (Å²) in [6.45, 7) is 0. The Kier molecular flexibility index (Phi) is 3.27. The van der Waals surface area contributed by atoms with E-state index in [0.29, 0.717) is 22.3 Å². The molecule has 1 aromatic heterocycles. The van der Waals surface area contributed by atoms with Crippen LogP contribution in [0.1, 0.15) is 10.4 Å². The standard InChI is InChI=1S/C15H11ClFN3O/c16-12-5-8(17)1-3-14(12)20-15(21)11-7-19-13-4-2-9(18)6-10(11)13/h1-7,19H,18H2,(H,20,21). The maximum Gasteiger partial charge on any atom is 0.257 e. The van der Waals surface area contributed by atoms with Crippen molar-refractivity contribution in [3.8, 4) is 0 Å². The third-order valence-electron chi connectivity index (χ3n) is 3.13. The number of benzene rings is 2. The largest absolute Gasteiger partial charge is 0.399 e. The first-order valence-corrected chi connectivity index (χ1v) is 6.55. The van der Waals surface area contributed by atoms with E-state index < -0.39 is 5.82 Å². The average Bonchev–Trinajstić information content (AvgIpc) is 2.85. The minimum atomic E-state index is -0.460. The van der Waals surface area contributed by atoms with Crippen molar-refractivity contribution >= 4 is 39.8 Å². The smallest absolute Gasteiger partial charge is 0.257 e. The van der Waals surface area contributed by atoms with E-state index >= 15 is 0 Å². The minimum Gasteiger partial charge on any atom is -0.399 e. The van der Waals surface area contributed by atoms with E-state index in [1.54, 1.807) is 24.4 Å². The lowest BCUT2D eigenvalue weighted by molar-refractivity contribution is 0.102. The lowest BCUT2D eigenvalue weighted by atomic mass is 10.1. The highest BCUT2D eigenvalue weighted by Crippen LogP contribution is 2.25. The molecule has 21 heavy (non-hydrogen) atoms. The molecule has 0 aliphatic heterocycles. The molecule has 2 aromatic carbocycles. The van der Waals surface area contributed by atoms with Gasteiger partial charge in [-0.2, -0.15) is 0 Å². The summed E-state index contributed by atoms with van der Waals surface area (Å²) in [5.41, 5.74) is 7.90. The molecule has 0 fully saturated rings. The summed E-state index contributed by atoms with van der Waals surface area (Å²) in [6.07, 6.45) is 1.59. The number of hydrogen-bond acceptors (Lipinski definition) is 2. The Morgan fingerprint density at radius 3 is 2.81 bits per heavy atom. The fraction of sp³-hybridized carbons (Fsp3) is 0. The van der Waals surface area contributed by atoms with Gasteiger partial charge in [0.15, 0.2) is 0 Å². The highest BCUT2D eigenvalue weighted by molar-refractivity contribution is 6.34. The van der Waals surface area contributed by atoms with Crippen molar-refractivity contribution in [2.24, 2.45) is 0 Å². The number of carbonyl (C=O) groups is 1. The van der Waals surface area contributed by atoms with E-state index in [1.165, 1.54) is 12.1 Å². The molecular weight excluding hydrogens is 293 g/mol. The van der Waals surface area contributed by atoms with Gasteiger partial charge in [-0.3, -0.25) is 4.79 Å². The number of hydrogen-bond donors (Lipinski definition) is 3. The Balaban J connectivity index is 1.95. The van der Waals surface area contributed by atoms with Crippen LogP contribution >= 0.6 is 11.6 Å². The zero-order valence-electron chi connectivity index (χ0n) is 10.8. The molecule has 0 spiro atoms. The van der Waals surface area contributed by atoms with Crippen LogP contribution in [0.15, 0.2) is 42.6 Å². The van der Waals surface area contributed by atoms with Gasteiger partial charge in [-0.05, 0) is 36.4 Å². The number of nitrogens with one attached hydrogen (secondary N) is 2. The number of fused-ring (bicyclic) bond motifs is 1. The van der Waals surface area contributed by atoms with E-state index in [1.807, 2.05) is 0 Å². The van der Waals surface area contributed by atoms with Gasteiger partial charge in [0.2, 0.25) is 0 Å². The topological polar surface area (TPSA) is 70.9 Å². The van der Waals surface area contributed by atoms with E-state index in [4.69, 9.17) is 17.3 Å². The number of nitrogen functional groups attached to an aromatic ring is 1. The third kappa shape index (κ3) is 2.55. The number of carbonyl (C=O) groups excluding carboxylic acids is 1. The predicted octanol–water partition coefficient (Wildman–Crippen LogP) is 3.79. The Labute approximate surface area is 124 Å². The number of aromatic amines is 1. The molecule has 4 N–H and O–H groups in total. The van der Waals surface area contributed by atoms with E-state index in [2.05, 4.69) is 10.3 Å². The highest BCUT2D eigenvalue weighted by Gasteiger charge is 2.14. The van der Waals surface area contributed by atoms with Crippen LogP contribution in [-0.2, 0) is 0 Å². The minimum absolute atomic E-state index is 0.141. The second kappa shape index (κ2) is 5.10. The van der Waals surface area contributed by atoms with Gasteiger partial charge in [-0.25, -0.2) is 4.39 Å². The normalized spacial score (nSPS) is 10.8. The predicted molar refractivity (Wildman–Crippen MR) is 82.1 cm³/mol. The summed E-state index contributed by atoms with van der Waals surface area (Å²) in [4.78, 5) is 15.3. The van der Waals surface area contributed by atoms with Gasteiger partial charge in [0.05, 0.1) is 16.3 Å². The number of halogens is 2. The Hall–Kier alpha value is -2.53. The fourth-order valence-corrected chi connectivity index (χ4v) is 2.32. The molecule has 4 nitrogen and oxygen atoms in total. The Morgan fingerprint density at radius 2 is 2.05 bits per heavy atom. The van der Waals surface area contributed by atoms with E-state index in [0.717, 1.165) is 11.6 Å². The first-order chi connectivity index (χ1) is 10.0. The molecule has 1 amide bonds. The van der Waals surface area contributed by atoms with Gasteiger partial charge in [-0.1, -0.05) is 11.6 Å². The van der Waals surface area contributed by atoms with Gasteiger partial charge in [0, 0.05) is 22.8 Å². The SMILES string of the molecule is Nc1ccc2[nH]cc(C(=O)Nc3ccc(F)cc3Cl)c2c1. The van der Waals surface area contributed by atoms with Crippen LogP contribution < -0.4 is 11.1 Å². The van der Waals surface area contributed by atoms with Crippen LogP contribution in [0.3, 0.4) is 0 Å². The van der Waals surface area contributed by atoms with Gasteiger partial charge < -0.3 is 16.0 Å².